The van der Waals surface area contributed by atoms with E-state index in [9.17, 15) is 4.79 Å². The summed E-state index contributed by atoms with van der Waals surface area (Å²) in [5, 5.41) is 5.62. The van der Waals surface area contributed by atoms with Crippen molar-refractivity contribution in [3.8, 4) is 0 Å². The Labute approximate surface area is 273 Å². The van der Waals surface area contributed by atoms with Gasteiger partial charge in [-0.05, 0) is 55.7 Å². The van der Waals surface area contributed by atoms with E-state index in [2.05, 4.69) is 139 Å². The first-order valence-electron chi connectivity index (χ1n) is 16.4. The SMILES string of the molecule is O=C(CCCCCCCCCCS)N1C[C@@H](P(c2ccccc2)c2ccccc2)[C@H](P(c2ccccc2)c2ccccc2)C1. The van der Waals surface area contributed by atoms with E-state index in [0.29, 0.717) is 23.6 Å². The summed E-state index contributed by atoms with van der Waals surface area (Å²) in [6, 6.07) is 44.4. The van der Waals surface area contributed by atoms with E-state index in [4.69, 9.17) is 0 Å². The third kappa shape index (κ3) is 9.06. The molecule has 1 aliphatic rings. The van der Waals surface area contributed by atoms with Crippen molar-refractivity contribution in [1.82, 2.24) is 4.90 Å². The van der Waals surface area contributed by atoms with E-state index in [-0.39, 0.29) is 0 Å². The minimum atomic E-state index is -0.666. The Morgan fingerprint density at radius 2 is 0.841 bits per heavy atom. The highest BCUT2D eigenvalue weighted by Gasteiger charge is 2.45. The van der Waals surface area contributed by atoms with E-state index >= 15 is 0 Å². The zero-order chi connectivity index (χ0) is 30.4. The van der Waals surface area contributed by atoms with Crippen molar-refractivity contribution < 1.29 is 4.79 Å². The molecule has 44 heavy (non-hydrogen) atoms. The summed E-state index contributed by atoms with van der Waals surface area (Å²) >= 11 is 4.32. The molecule has 1 saturated heterocycles. The monoisotopic (exact) mass is 639 g/mol. The van der Waals surface area contributed by atoms with Gasteiger partial charge < -0.3 is 4.90 Å². The number of likely N-dealkylation sites (tertiary alicyclic amines) is 1. The minimum Gasteiger partial charge on any atom is -0.341 e. The van der Waals surface area contributed by atoms with Gasteiger partial charge in [0.2, 0.25) is 5.91 Å². The number of hydrogen-bond acceptors (Lipinski definition) is 2. The molecule has 0 N–H and O–H groups in total. The van der Waals surface area contributed by atoms with Crippen molar-refractivity contribution in [1.29, 1.82) is 0 Å². The predicted molar refractivity (Wildman–Crippen MR) is 198 cm³/mol. The molecular formula is C39H47NOP2S. The quantitative estimate of drug-likeness (QED) is 0.0744. The summed E-state index contributed by atoms with van der Waals surface area (Å²) in [6.45, 7) is 1.67. The maximum Gasteiger partial charge on any atom is 0.222 e. The van der Waals surface area contributed by atoms with Crippen molar-refractivity contribution in [2.45, 2.75) is 69.1 Å². The van der Waals surface area contributed by atoms with Crippen LogP contribution in [-0.2, 0) is 4.79 Å². The number of carbonyl (C=O) groups is 1. The second-order valence-electron chi connectivity index (χ2n) is 11.8. The summed E-state index contributed by atoms with van der Waals surface area (Å²) in [6.07, 6.45) is 10.5. The summed E-state index contributed by atoms with van der Waals surface area (Å²) in [5.41, 5.74) is 0.755. The third-order valence-electron chi connectivity index (χ3n) is 8.71. The van der Waals surface area contributed by atoms with Crippen LogP contribution in [-0.4, -0.2) is 41.0 Å². The van der Waals surface area contributed by atoms with Gasteiger partial charge in [-0.25, -0.2) is 0 Å². The molecule has 5 heteroatoms. The lowest BCUT2D eigenvalue weighted by Crippen LogP contribution is -2.34. The molecule has 1 aliphatic heterocycles. The van der Waals surface area contributed by atoms with Gasteiger partial charge in [0, 0.05) is 30.8 Å². The zero-order valence-electron chi connectivity index (χ0n) is 25.9. The molecule has 0 bridgehead atoms. The van der Waals surface area contributed by atoms with Gasteiger partial charge in [0.15, 0.2) is 0 Å². The van der Waals surface area contributed by atoms with Gasteiger partial charge in [-0.15, -0.1) is 0 Å². The molecule has 230 valence electrons. The van der Waals surface area contributed by atoms with Gasteiger partial charge in [-0.2, -0.15) is 12.6 Å². The Bertz CT molecular complexity index is 1200. The summed E-state index contributed by atoms with van der Waals surface area (Å²) in [4.78, 5) is 16.1. The number of benzene rings is 4. The van der Waals surface area contributed by atoms with Crippen molar-refractivity contribution in [2.75, 3.05) is 18.8 Å². The van der Waals surface area contributed by atoms with Crippen LogP contribution in [0.15, 0.2) is 121 Å². The summed E-state index contributed by atoms with van der Waals surface area (Å²) < 4.78 is 0. The molecule has 0 aliphatic carbocycles. The molecule has 2 nitrogen and oxygen atoms in total. The molecule has 4 aromatic rings. The molecule has 2 atom stereocenters. The summed E-state index contributed by atoms with van der Waals surface area (Å²) in [5.74, 6) is 1.34. The highest BCUT2D eigenvalue weighted by Crippen LogP contribution is 2.54. The Morgan fingerprint density at radius 3 is 1.18 bits per heavy atom. The van der Waals surface area contributed by atoms with E-state index in [0.717, 1.165) is 31.7 Å². The Morgan fingerprint density at radius 1 is 0.523 bits per heavy atom. The number of rotatable bonds is 16. The maximum atomic E-state index is 13.9. The lowest BCUT2D eigenvalue weighted by Gasteiger charge is -2.34. The average Bonchev–Trinajstić information content (AvgIpc) is 3.50. The van der Waals surface area contributed by atoms with Crippen LogP contribution in [0.4, 0.5) is 0 Å². The predicted octanol–water partition coefficient (Wildman–Crippen LogP) is 8.27. The highest BCUT2D eigenvalue weighted by molar-refractivity contribution is 7.80. The van der Waals surface area contributed by atoms with Crippen LogP contribution in [0.1, 0.15) is 57.8 Å². The van der Waals surface area contributed by atoms with Gasteiger partial charge >= 0.3 is 0 Å². The fourth-order valence-electron chi connectivity index (χ4n) is 6.51. The minimum absolute atomic E-state index is 0.346. The van der Waals surface area contributed by atoms with E-state index in [1.807, 2.05) is 0 Å². The molecule has 1 heterocycles. The topological polar surface area (TPSA) is 20.3 Å². The normalized spacial score (nSPS) is 16.6. The standard InChI is InChI=1S/C39H47NOP2S/c41-39(29-19-5-3-1-2-4-6-20-30-44)40-31-37(42(33-21-11-7-12-22-33)34-23-13-8-14-24-34)38(32-40)43(35-25-15-9-16-26-35)36-27-17-10-18-28-36/h7-18,21-28,37-38,44H,1-6,19-20,29-32H2/t37-,38-/m1/s1. The Balaban J connectivity index is 1.40. The second-order valence-corrected chi connectivity index (χ2v) is 17.1. The number of carbonyl (C=O) groups excluding carboxylic acids is 1. The zero-order valence-corrected chi connectivity index (χ0v) is 28.6. The van der Waals surface area contributed by atoms with Crippen LogP contribution in [0.5, 0.6) is 0 Å². The van der Waals surface area contributed by atoms with Crippen molar-refractivity contribution in [3.05, 3.63) is 121 Å². The van der Waals surface area contributed by atoms with Gasteiger partial charge in [0.25, 0.3) is 0 Å². The smallest absolute Gasteiger partial charge is 0.222 e. The lowest BCUT2D eigenvalue weighted by molar-refractivity contribution is -0.130. The van der Waals surface area contributed by atoms with Crippen molar-refractivity contribution in [3.63, 3.8) is 0 Å². The van der Waals surface area contributed by atoms with Gasteiger partial charge in [0.05, 0.1) is 0 Å². The molecule has 0 saturated carbocycles. The second kappa shape index (κ2) is 17.9. The average molecular weight is 640 g/mol. The van der Waals surface area contributed by atoms with Crippen LogP contribution in [0.25, 0.3) is 0 Å². The molecule has 0 radical (unpaired) electrons. The lowest BCUT2D eigenvalue weighted by atomic mass is 10.1. The fraction of sp³-hybridized carbons (Fsp3) is 0.359. The van der Waals surface area contributed by atoms with E-state index < -0.39 is 15.8 Å². The molecule has 4 aromatic carbocycles. The number of hydrogen-bond donors (Lipinski definition) is 1. The Kier molecular flexibility index (Phi) is 13.4. The first kappa shape index (κ1) is 32.9. The maximum absolute atomic E-state index is 13.9. The van der Waals surface area contributed by atoms with Crippen LogP contribution < -0.4 is 21.2 Å². The molecule has 1 fully saturated rings. The molecule has 1 amide bonds. The van der Waals surface area contributed by atoms with Crippen LogP contribution >= 0.6 is 28.5 Å². The number of nitrogens with zero attached hydrogens (tertiary/aromatic N) is 1. The van der Waals surface area contributed by atoms with Crippen LogP contribution in [0.2, 0.25) is 0 Å². The van der Waals surface area contributed by atoms with Crippen molar-refractivity contribution >= 4 is 55.6 Å². The first-order valence-corrected chi connectivity index (χ1v) is 19.9. The van der Waals surface area contributed by atoms with Gasteiger partial charge in [-0.3, -0.25) is 4.79 Å². The van der Waals surface area contributed by atoms with Crippen LogP contribution in [0.3, 0.4) is 0 Å². The van der Waals surface area contributed by atoms with Crippen molar-refractivity contribution in [2.24, 2.45) is 0 Å². The number of unbranched alkanes of at least 4 members (excludes halogenated alkanes) is 7. The van der Waals surface area contributed by atoms with E-state index in [1.54, 1.807) is 0 Å². The summed E-state index contributed by atoms with van der Waals surface area (Å²) in [7, 11) is -1.33. The molecule has 0 unspecified atom stereocenters. The van der Waals surface area contributed by atoms with Gasteiger partial charge in [-0.1, -0.05) is 160 Å². The Hall–Kier alpha value is -2.44. The molecule has 5 rings (SSSR count). The first-order chi connectivity index (χ1) is 21.8. The molecule has 0 aromatic heterocycles. The fourth-order valence-corrected chi connectivity index (χ4v) is 13.2. The van der Waals surface area contributed by atoms with E-state index in [1.165, 1.54) is 59.7 Å². The molecule has 0 spiro atoms. The number of thiol groups is 1. The number of amides is 1. The molecular weight excluding hydrogens is 592 g/mol. The third-order valence-corrected chi connectivity index (χ3v) is 15.1. The van der Waals surface area contributed by atoms with Gasteiger partial charge in [0.1, 0.15) is 0 Å². The highest BCUT2D eigenvalue weighted by atomic mass is 32.1. The van der Waals surface area contributed by atoms with Crippen LogP contribution in [0, 0.1) is 0 Å². The largest absolute Gasteiger partial charge is 0.341 e.